The van der Waals surface area contributed by atoms with E-state index in [1.807, 2.05) is 0 Å². The Hall–Kier alpha value is -2.77. The van der Waals surface area contributed by atoms with Crippen LogP contribution in [0.15, 0.2) is 47.4 Å². The number of aromatic nitrogens is 1. The highest BCUT2D eigenvalue weighted by Gasteiger charge is 2.34. The number of alkyl halides is 3. The molecule has 0 fully saturated rings. The van der Waals surface area contributed by atoms with Crippen molar-refractivity contribution >= 4 is 5.91 Å². The van der Waals surface area contributed by atoms with E-state index in [9.17, 15) is 27.9 Å². The zero-order valence-corrected chi connectivity index (χ0v) is 12.5. The van der Waals surface area contributed by atoms with E-state index < -0.39 is 29.8 Å². The van der Waals surface area contributed by atoms with Gasteiger partial charge in [-0.2, -0.15) is 13.2 Å². The van der Waals surface area contributed by atoms with Crippen molar-refractivity contribution in [2.45, 2.75) is 19.1 Å². The number of hydrogen-bond acceptors (Lipinski definition) is 3. The molecule has 8 heteroatoms. The van der Waals surface area contributed by atoms with Gasteiger partial charge in [0, 0.05) is 12.7 Å². The minimum absolute atomic E-state index is 0.106. The van der Waals surface area contributed by atoms with Crippen molar-refractivity contribution in [3.05, 3.63) is 64.1 Å². The van der Waals surface area contributed by atoms with Gasteiger partial charge in [-0.15, -0.1) is 0 Å². The molecule has 5 nitrogen and oxygen atoms in total. The molecular formula is C16H15F3N2O3. The predicted octanol–water partition coefficient (Wildman–Crippen LogP) is 1.93. The fourth-order valence-electron chi connectivity index (χ4n) is 2.15. The SMILES string of the molecule is O=C(Cn1cccc(C(F)(F)F)c1=O)NCCc1cccc(O)c1. The van der Waals surface area contributed by atoms with Crippen LogP contribution in [0, 0.1) is 0 Å². The highest BCUT2D eigenvalue weighted by molar-refractivity contribution is 5.75. The third-order valence-electron chi connectivity index (χ3n) is 3.29. The van der Waals surface area contributed by atoms with Crippen LogP contribution in [0.25, 0.3) is 0 Å². The molecule has 0 aliphatic heterocycles. The number of benzene rings is 1. The van der Waals surface area contributed by atoms with Gasteiger partial charge < -0.3 is 15.0 Å². The van der Waals surface area contributed by atoms with Crippen LogP contribution >= 0.6 is 0 Å². The Morgan fingerprint density at radius 1 is 1.21 bits per heavy atom. The summed E-state index contributed by atoms with van der Waals surface area (Å²) in [5.41, 5.74) is -1.77. The van der Waals surface area contributed by atoms with E-state index in [4.69, 9.17) is 0 Å². The summed E-state index contributed by atoms with van der Waals surface area (Å²) in [4.78, 5) is 23.5. The highest BCUT2D eigenvalue weighted by Crippen LogP contribution is 2.25. The Bertz CT molecular complexity index is 785. The van der Waals surface area contributed by atoms with Gasteiger partial charge in [-0.05, 0) is 36.2 Å². The Balaban J connectivity index is 1.94. The number of carbonyl (C=O) groups excluding carboxylic acids is 1. The van der Waals surface area contributed by atoms with Crippen molar-refractivity contribution in [3.63, 3.8) is 0 Å². The summed E-state index contributed by atoms with van der Waals surface area (Å²) >= 11 is 0. The zero-order valence-electron chi connectivity index (χ0n) is 12.5. The van der Waals surface area contributed by atoms with Gasteiger partial charge in [0.25, 0.3) is 5.56 Å². The highest BCUT2D eigenvalue weighted by atomic mass is 19.4. The second-order valence-corrected chi connectivity index (χ2v) is 5.12. The van der Waals surface area contributed by atoms with Crippen LogP contribution in [0.5, 0.6) is 5.75 Å². The molecule has 0 unspecified atom stereocenters. The Kier molecular flexibility index (Phi) is 5.28. The normalized spacial score (nSPS) is 11.3. The van der Waals surface area contributed by atoms with Gasteiger partial charge in [0.2, 0.25) is 5.91 Å². The molecule has 1 amide bonds. The van der Waals surface area contributed by atoms with Crippen molar-refractivity contribution in [1.29, 1.82) is 0 Å². The number of pyridine rings is 1. The lowest BCUT2D eigenvalue weighted by Gasteiger charge is -2.10. The second kappa shape index (κ2) is 7.20. The molecule has 1 aromatic heterocycles. The number of amides is 1. The molecule has 0 atom stereocenters. The van der Waals surface area contributed by atoms with E-state index in [1.54, 1.807) is 18.2 Å². The number of phenolic OH excluding ortho intramolecular Hbond substituents is 1. The lowest BCUT2D eigenvalue weighted by molar-refractivity contribution is -0.139. The van der Waals surface area contributed by atoms with Crippen molar-refractivity contribution in [2.24, 2.45) is 0 Å². The van der Waals surface area contributed by atoms with Crippen LogP contribution in [0.4, 0.5) is 13.2 Å². The molecule has 0 bridgehead atoms. The molecule has 0 spiro atoms. The van der Waals surface area contributed by atoms with E-state index in [-0.39, 0.29) is 12.3 Å². The number of carbonyl (C=O) groups is 1. The summed E-state index contributed by atoms with van der Waals surface area (Å²) < 4.78 is 38.7. The molecule has 0 radical (unpaired) electrons. The monoisotopic (exact) mass is 340 g/mol. The standard InChI is InChI=1S/C16H15F3N2O3/c17-16(18,19)13-5-2-8-21(15(13)24)10-14(23)20-7-6-11-3-1-4-12(22)9-11/h1-5,8-9,22H,6-7,10H2,(H,20,23). The maximum absolute atomic E-state index is 12.7. The Morgan fingerprint density at radius 3 is 2.62 bits per heavy atom. The average molecular weight is 340 g/mol. The summed E-state index contributed by atoms with van der Waals surface area (Å²) in [7, 11) is 0. The first-order chi connectivity index (χ1) is 11.3. The molecule has 128 valence electrons. The van der Waals surface area contributed by atoms with Gasteiger partial charge in [-0.1, -0.05) is 12.1 Å². The number of nitrogens with one attached hydrogen (secondary N) is 1. The van der Waals surface area contributed by atoms with E-state index in [1.165, 1.54) is 6.07 Å². The molecule has 2 aromatic rings. The number of nitrogens with zero attached hydrogens (tertiary/aromatic N) is 1. The molecule has 0 aliphatic rings. The minimum Gasteiger partial charge on any atom is -0.508 e. The van der Waals surface area contributed by atoms with Crippen molar-refractivity contribution < 1.29 is 23.1 Å². The van der Waals surface area contributed by atoms with Gasteiger partial charge in [0.1, 0.15) is 17.9 Å². The number of phenols is 1. The summed E-state index contributed by atoms with van der Waals surface area (Å²) in [6, 6.07) is 8.24. The quantitative estimate of drug-likeness (QED) is 0.874. The van der Waals surface area contributed by atoms with Crippen LogP contribution in [0.3, 0.4) is 0 Å². The number of aromatic hydroxyl groups is 1. The van der Waals surface area contributed by atoms with Crippen LogP contribution in [0.2, 0.25) is 0 Å². The topological polar surface area (TPSA) is 71.3 Å². The number of rotatable bonds is 5. The number of halogens is 3. The van der Waals surface area contributed by atoms with E-state index in [2.05, 4.69) is 5.32 Å². The first-order valence-electron chi connectivity index (χ1n) is 7.08. The van der Waals surface area contributed by atoms with Crippen LogP contribution in [-0.4, -0.2) is 22.1 Å². The zero-order chi connectivity index (χ0) is 17.7. The van der Waals surface area contributed by atoms with Gasteiger partial charge in [0.15, 0.2) is 0 Å². The maximum atomic E-state index is 12.7. The van der Waals surface area contributed by atoms with Crippen molar-refractivity contribution in [1.82, 2.24) is 9.88 Å². The molecule has 1 heterocycles. The molecule has 2 N–H and O–H groups in total. The maximum Gasteiger partial charge on any atom is 0.421 e. The molecule has 2 rings (SSSR count). The van der Waals surface area contributed by atoms with E-state index in [0.717, 1.165) is 17.8 Å². The fourth-order valence-corrected chi connectivity index (χ4v) is 2.15. The van der Waals surface area contributed by atoms with Crippen molar-refractivity contribution in [3.8, 4) is 5.75 Å². The molecule has 0 aliphatic carbocycles. The Labute approximate surface area is 135 Å². The largest absolute Gasteiger partial charge is 0.508 e. The Morgan fingerprint density at radius 2 is 1.96 bits per heavy atom. The molecule has 0 saturated heterocycles. The summed E-state index contributed by atoms with van der Waals surface area (Å²) in [5.74, 6) is -0.467. The predicted molar refractivity (Wildman–Crippen MR) is 80.5 cm³/mol. The summed E-state index contributed by atoms with van der Waals surface area (Å²) in [5, 5.41) is 11.8. The van der Waals surface area contributed by atoms with Crippen LogP contribution in [-0.2, 0) is 23.9 Å². The first-order valence-corrected chi connectivity index (χ1v) is 7.08. The van der Waals surface area contributed by atoms with Crippen LogP contribution < -0.4 is 10.9 Å². The molecule has 0 saturated carbocycles. The second-order valence-electron chi connectivity index (χ2n) is 5.12. The molecule has 24 heavy (non-hydrogen) atoms. The average Bonchev–Trinajstić information content (AvgIpc) is 2.48. The smallest absolute Gasteiger partial charge is 0.421 e. The lowest BCUT2D eigenvalue weighted by atomic mass is 10.1. The van der Waals surface area contributed by atoms with Gasteiger partial charge >= 0.3 is 6.18 Å². The summed E-state index contributed by atoms with van der Waals surface area (Å²) in [6.07, 6.45) is -3.18. The van der Waals surface area contributed by atoms with Gasteiger partial charge in [0.05, 0.1) is 0 Å². The molecular weight excluding hydrogens is 325 g/mol. The van der Waals surface area contributed by atoms with Crippen LogP contribution in [0.1, 0.15) is 11.1 Å². The fraction of sp³-hybridized carbons (Fsp3) is 0.250. The minimum atomic E-state index is -4.76. The first kappa shape index (κ1) is 17.6. The van der Waals surface area contributed by atoms with Gasteiger partial charge in [-0.25, -0.2) is 0 Å². The lowest BCUT2D eigenvalue weighted by Crippen LogP contribution is -2.35. The van der Waals surface area contributed by atoms with Gasteiger partial charge in [-0.3, -0.25) is 9.59 Å². The van der Waals surface area contributed by atoms with E-state index >= 15 is 0 Å². The van der Waals surface area contributed by atoms with Crippen molar-refractivity contribution in [2.75, 3.05) is 6.54 Å². The third-order valence-corrected chi connectivity index (χ3v) is 3.29. The number of hydrogen-bond donors (Lipinski definition) is 2. The van der Waals surface area contributed by atoms with E-state index in [0.29, 0.717) is 17.1 Å². The molecule has 1 aromatic carbocycles. The summed E-state index contributed by atoms with van der Waals surface area (Å²) in [6.45, 7) is -0.265. The third kappa shape index (κ3) is 4.61.